The Bertz CT molecular complexity index is 446. The molecule has 1 aromatic rings. The van der Waals surface area contributed by atoms with Gasteiger partial charge < -0.3 is 9.84 Å². The van der Waals surface area contributed by atoms with Crippen LogP contribution in [-0.2, 0) is 17.6 Å². The quantitative estimate of drug-likeness (QED) is 0.774. The number of rotatable bonds is 2. The largest absolute Gasteiger partial charge is 0.497 e. The fourth-order valence-electron chi connectivity index (χ4n) is 2.06. The summed E-state index contributed by atoms with van der Waals surface area (Å²) in [6.07, 6.45) is 3.79. The third-order valence-corrected chi connectivity index (χ3v) is 2.87. The molecule has 2 rings (SSSR count). The Kier molecular flexibility index (Phi) is 2.95. The van der Waals surface area contributed by atoms with E-state index >= 15 is 0 Å². The number of carboxylic acids is 1. The van der Waals surface area contributed by atoms with Crippen LogP contribution in [0.1, 0.15) is 17.5 Å². The summed E-state index contributed by atoms with van der Waals surface area (Å²) in [4.78, 5) is 10.6. The number of benzene rings is 1. The van der Waals surface area contributed by atoms with Crippen LogP contribution < -0.4 is 4.74 Å². The van der Waals surface area contributed by atoms with Crippen LogP contribution in [0.2, 0.25) is 0 Å². The molecule has 16 heavy (non-hydrogen) atoms. The molecular weight excluding hydrogens is 204 g/mol. The normalized spacial score (nSPS) is 16.9. The van der Waals surface area contributed by atoms with E-state index in [2.05, 4.69) is 0 Å². The van der Waals surface area contributed by atoms with E-state index in [1.165, 1.54) is 17.2 Å². The van der Waals surface area contributed by atoms with Crippen molar-refractivity contribution in [2.45, 2.75) is 19.3 Å². The van der Waals surface area contributed by atoms with Crippen LogP contribution >= 0.6 is 0 Å². The average Bonchev–Trinajstić information content (AvgIpc) is 2.27. The van der Waals surface area contributed by atoms with Crippen LogP contribution in [0.25, 0.3) is 0 Å². The molecular formula is C13H14O3. The minimum atomic E-state index is -0.855. The van der Waals surface area contributed by atoms with Crippen LogP contribution in [0, 0.1) is 0 Å². The first-order chi connectivity index (χ1) is 7.69. The van der Waals surface area contributed by atoms with E-state index in [4.69, 9.17) is 9.84 Å². The maximum absolute atomic E-state index is 10.6. The Morgan fingerprint density at radius 1 is 1.38 bits per heavy atom. The summed E-state index contributed by atoms with van der Waals surface area (Å²) in [7, 11) is 1.65. The summed E-state index contributed by atoms with van der Waals surface area (Å²) in [5.74, 6) is 0.0105. The lowest BCUT2D eigenvalue weighted by Crippen LogP contribution is -2.07. The van der Waals surface area contributed by atoms with Gasteiger partial charge in [0.15, 0.2) is 0 Å². The molecule has 0 radical (unpaired) electrons. The zero-order valence-electron chi connectivity index (χ0n) is 9.19. The number of ether oxygens (including phenoxy) is 1. The van der Waals surface area contributed by atoms with E-state index in [0.717, 1.165) is 30.6 Å². The number of hydrogen-bond acceptors (Lipinski definition) is 2. The third kappa shape index (κ3) is 2.24. The lowest BCUT2D eigenvalue weighted by molar-refractivity contribution is -0.131. The maximum Gasteiger partial charge on any atom is 0.328 e. The molecule has 0 saturated heterocycles. The van der Waals surface area contributed by atoms with Gasteiger partial charge >= 0.3 is 5.97 Å². The molecule has 0 aromatic heterocycles. The van der Waals surface area contributed by atoms with Crippen molar-refractivity contribution in [3.63, 3.8) is 0 Å². The first-order valence-corrected chi connectivity index (χ1v) is 5.27. The highest BCUT2D eigenvalue weighted by atomic mass is 16.5. The number of methoxy groups -OCH3 is 1. The molecule has 0 saturated carbocycles. The summed E-state index contributed by atoms with van der Waals surface area (Å²) in [6, 6.07) is 5.97. The van der Waals surface area contributed by atoms with E-state index in [-0.39, 0.29) is 0 Å². The summed E-state index contributed by atoms with van der Waals surface area (Å²) in [6.45, 7) is 0. The van der Waals surface area contributed by atoms with Gasteiger partial charge in [0.05, 0.1) is 7.11 Å². The molecule has 1 aromatic carbocycles. The molecule has 0 bridgehead atoms. The highest BCUT2D eigenvalue weighted by molar-refractivity contribution is 5.80. The van der Waals surface area contributed by atoms with Crippen molar-refractivity contribution in [3.05, 3.63) is 41.0 Å². The predicted molar refractivity (Wildman–Crippen MR) is 60.7 cm³/mol. The number of aryl methyl sites for hydroxylation is 1. The number of carbonyl (C=O) groups is 1. The van der Waals surface area contributed by atoms with Crippen LogP contribution in [0.15, 0.2) is 29.8 Å². The Hall–Kier alpha value is -1.77. The molecule has 0 aliphatic heterocycles. The minimum Gasteiger partial charge on any atom is -0.497 e. The first kappa shape index (κ1) is 10.7. The van der Waals surface area contributed by atoms with Crippen molar-refractivity contribution in [1.29, 1.82) is 0 Å². The summed E-state index contributed by atoms with van der Waals surface area (Å²) < 4.78 is 5.16. The second kappa shape index (κ2) is 4.39. The molecule has 84 valence electrons. The van der Waals surface area contributed by atoms with E-state index in [1.54, 1.807) is 7.11 Å². The van der Waals surface area contributed by atoms with Gasteiger partial charge in [-0.05, 0) is 42.5 Å². The van der Waals surface area contributed by atoms with Gasteiger partial charge in [0.25, 0.3) is 0 Å². The lowest BCUT2D eigenvalue weighted by Gasteiger charge is -2.18. The first-order valence-electron chi connectivity index (χ1n) is 5.27. The number of allylic oxidation sites excluding steroid dienone is 1. The summed E-state index contributed by atoms with van der Waals surface area (Å²) >= 11 is 0. The van der Waals surface area contributed by atoms with Gasteiger partial charge in [0.1, 0.15) is 5.75 Å². The van der Waals surface area contributed by atoms with Crippen molar-refractivity contribution in [2.75, 3.05) is 7.11 Å². The highest BCUT2D eigenvalue weighted by Crippen LogP contribution is 2.27. The van der Waals surface area contributed by atoms with Crippen molar-refractivity contribution >= 4 is 5.97 Å². The highest BCUT2D eigenvalue weighted by Gasteiger charge is 2.14. The molecule has 1 aliphatic rings. The van der Waals surface area contributed by atoms with Gasteiger partial charge in [-0.2, -0.15) is 0 Å². The molecule has 1 aliphatic carbocycles. The molecule has 0 atom stereocenters. The smallest absolute Gasteiger partial charge is 0.328 e. The fourth-order valence-corrected chi connectivity index (χ4v) is 2.06. The van der Waals surface area contributed by atoms with Gasteiger partial charge in [0, 0.05) is 6.08 Å². The van der Waals surface area contributed by atoms with Crippen LogP contribution in [-0.4, -0.2) is 18.2 Å². The van der Waals surface area contributed by atoms with E-state index in [0.29, 0.717) is 0 Å². The van der Waals surface area contributed by atoms with Gasteiger partial charge in [0.2, 0.25) is 0 Å². The van der Waals surface area contributed by atoms with E-state index in [9.17, 15) is 4.79 Å². The Labute approximate surface area is 94.4 Å². The van der Waals surface area contributed by atoms with Gasteiger partial charge in [-0.25, -0.2) is 4.79 Å². The van der Waals surface area contributed by atoms with Gasteiger partial charge in [-0.15, -0.1) is 0 Å². The maximum atomic E-state index is 10.6. The van der Waals surface area contributed by atoms with Crippen molar-refractivity contribution in [2.24, 2.45) is 0 Å². The lowest BCUT2D eigenvalue weighted by atomic mass is 9.88. The SMILES string of the molecule is COc1ccc2c(c1)CC/C(=C/C(=O)O)C2. The summed E-state index contributed by atoms with van der Waals surface area (Å²) in [5, 5.41) is 8.70. The Morgan fingerprint density at radius 2 is 2.19 bits per heavy atom. The van der Waals surface area contributed by atoms with Gasteiger partial charge in [-0.1, -0.05) is 11.6 Å². The standard InChI is InChI=1S/C13H14O3/c1-16-12-5-4-10-6-9(7-13(14)15)2-3-11(10)8-12/h4-5,7-8H,2-3,6H2,1H3,(H,14,15)/b9-7-. The molecule has 3 nitrogen and oxygen atoms in total. The van der Waals surface area contributed by atoms with Gasteiger partial charge in [-0.3, -0.25) is 0 Å². The molecule has 1 N–H and O–H groups in total. The average molecular weight is 218 g/mol. The third-order valence-electron chi connectivity index (χ3n) is 2.87. The monoisotopic (exact) mass is 218 g/mol. The number of hydrogen-bond donors (Lipinski definition) is 1. The molecule has 0 fully saturated rings. The number of fused-ring (bicyclic) bond motifs is 1. The zero-order valence-corrected chi connectivity index (χ0v) is 9.19. The van der Waals surface area contributed by atoms with Crippen molar-refractivity contribution in [3.8, 4) is 5.75 Å². The second-order valence-electron chi connectivity index (χ2n) is 3.95. The second-order valence-corrected chi connectivity index (χ2v) is 3.95. The molecule has 3 heteroatoms. The molecule has 0 amide bonds. The van der Waals surface area contributed by atoms with Crippen LogP contribution in [0.3, 0.4) is 0 Å². The van der Waals surface area contributed by atoms with Crippen molar-refractivity contribution < 1.29 is 14.6 Å². The Balaban J connectivity index is 2.25. The van der Waals surface area contributed by atoms with Crippen LogP contribution in [0.4, 0.5) is 0 Å². The van der Waals surface area contributed by atoms with E-state index in [1.807, 2.05) is 18.2 Å². The summed E-state index contributed by atoms with van der Waals surface area (Å²) in [5.41, 5.74) is 3.46. The molecule has 0 unspecified atom stereocenters. The van der Waals surface area contributed by atoms with E-state index < -0.39 is 5.97 Å². The molecule has 0 heterocycles. The topological polar surface area (TPSA) is 46.5 Å². The Morgan fingerprint density at radius 3 is 2.88 bits per heavy atom. The fraction of sp³-hybridized carbons (Fsp3) is 0.308. The number of aliphatic carboxylic acids is 1. The predicted octanol–water partition coefficient (Wildman–Crippen LogP) is 2.19. The zero-order chi connectivity index (χ0) is 11.5. The molecule has 0 spiro atoms. The number of carboxylic acid groups (broad SMARTS) is 1. The minimum absolute atomic E-state index is 0.742. The van der Waals surface area contributed by atoms with Crippen LogP contribution in [0.5, 0.6) is 5.75 Å². The van der Waals surface area contributed by atoms with Crippen molar-refractivity contribution in [1.82, 2.24) is 0 Å².